The molecular formula is C18H24F2N2O2S. The molecular weight excluding hydrogens is 346 g/mol. The van der Waals surface area contributed by atoms with Gasteiger partial charge in [0.15, 0.2) is 0 Å². The van der Waals surface area contributed by atoms with Gasteiger partial charge in [-0.05, 0) is 56.0 Å². The monoisotopic (exact) mass is 370 g/mol. The zero-order valence-electron chi connectivity index (χ0n) is 14.4. The second-order valence-electron chi connectivity index (χ2n) is 7.55. The van der Waals surface area contributed by atoms with Gasteiger partial charge in [0.2, 0.25) is 10.0 Å². The van der Waals surface area contributed by atoms with Crippen LogP contribution in [-0.4, -0.2) is 55.1 Å². The van der Waals surface area contributed by atoms with Crippen molar-refractivity contribution in [2.24, 2.45) is 5.92 Å². The van der Waals surface area contributed by atoms with Crippen LogP contribution in [0, 0.1) is 17.6 Å². The predicted octanol–water partition coefficient (Wildman–Crippen LogP) is 2.57. The topological polar surface area (TPSA) is 40.6 Å². The number of piperidine rings is 3. The molecule has 5 rings (SSSR count). The Labute approximate surface area is 147 Å². The number of hydrogen-bond donors (Lipinski definition) is 0. The quantitative estimate of drug-likeness (QED) is 0.818. The van der Waals surface area contributed by atoms with Crippen LogP contribution in [-0.2, 0) is 10.0 Å². The molecule has 0 N–H and O–H groups in total. The van der Waals surface area contributed by atoms with Crippen molar-refractivity contribution in [2.75, 3.05) is 25.4 Å². The summed E-state index contributed by atoms with van der Waals surface area (Å²) < 4.78 is 54.8. The van der Waals surface area contributed by atoms with E-state index in [4.69, 9.17) is 0 Å². The van der Waals surface area contributed by atoms with Crippen LogP contribution in [0.3, 0.4) is 0 Å². The van der Waals surface area contributed by atoms with Gasteiger partial charge >= 0.3 is 0 Å². The third kappa shape index (κ3) is 2.90. The maximum Gasteiger partial charge on any atom is 0.214 e. The van der Waals surface area contributed by atoms with E-state index in [1.54, 1.807) is 4.31 Å². The minimum absolute atomic E-state index is 0.0281. The first-order valence-corrected chi connectivity index (χ1v) is 10.7. The third-order valence-electron chi connectivity index (χ3n) is 6.08. The van der Waals surface area contributed by atoms with Gasteiger partial charge in [-0.3, -0.25) is 4.90 Å². The van der Waals surface area contributed by atoms with Gasteiger partial charge in [0.05, 0.1) is 5.75 Å². The Hall–Kier alpha value is -1.05. The average Bonchev–Trinajstić information content (AvgIpc) is 2.98. The van der Waals surface area contributed by atoms with E-state index >= 15 is 0 Å². The fraction of sp³-hybridized carbons (Fsp3) is 0.667. The van der Waals surface area contributed by atoms with Crippen LogP contribution in [0.1, 0.15) is 37.7 Å². The van der Waals surface area contributed by atoms with E-state index in [0.717, 1.165) is 32.0 Å². The van der Waals surface area contributed by atoms with Crippen molar-refractivity contribution in [1.82, 2.24) is 9.21 Å². The highest BCUT2D eigenvalue weighted by atomic mass is 32.2. The zero-order chi connectivity index (χ0) is 17.8. The van der Waals surface area contributed by atoms with Crippen LogP contribution >= 0.6 is 0 Å². The van der Waals surface area contributed by atoms with E-state index in [1.807, 2.05) is 6.92 Å². The predicted molar refractivity (Wildman–Crippen MR) is 91.8 cm³/mol. The van der Waals surface area contributed by atoms with Crippen LogP contribution in [0.15, 0.2) is 18.2 Å². The molecule has 4 heterocycles. The molecule has 2 bridgehead atoms. The highest BCUT2D eigenvalue weighted by Crippen LogP contribution is 2.47. The second-order valence-corrected chi connectivity index (χ2v) is 9.59. The summed E-state index contributed by atoms with van der Waals surface area (Å²) in [5.41, 5.74) is 0.578. The van der Waals surface area contributed by atoms with Gasteiger partial charge in [-0.1, -0.05) is 6.92 Å². The lowest BCUT2D eigenvalue weighted by Crippen LogP contribution is -2.60. The Morgan fingerprint density at radius 2 is 1.72 bits per heavy atom. The molecule has 25 heavy (non-hydrogen) atoms. The number of sulfonamides is 1. The molecule has 0 spiro atoms. The van der Waals surface area contributed by atoms with Crippen molar-refractivity contribution < 1.29 is 17.2 Å². The molecule has 1 aromatic carbocycles. The molecule has 0 unspecified atom stereocenters. The van der Waals surface area contributed by atoms with E-state index in [2.05, 4.69) is 4.90 Å². The molecule has 4 aliphatic rings. The maximum atomic E-state index is 13.8. The van der Waals surface area contributed by atoms with Crippen molar-refractivity contribution in [3.05, 3.63) is 35.4 Å². The van der Waals surface area contributed by atoms with E-state index in [1.165, 1.54) is 12.1 Å². The summed E-state index contributed by atoms with van der Waals surface area (Å²) >= 11 is 0. The van der Waals surface area contributed by atoms with Crippen LogP contribution in [0.25, 0.3) is 0 Å². The SMILES string of the molecule is CCCS(=O)(=O)N1C[C@@H](c2cc(F)cc(F)c2)[C@@H]2[C@H]1C1CCN2CC1. The third-order valence-corrected chi connectivity index (χ3v) is 8.11. The molecule has 0 radical (unpaired) electrons. The van der Waals surface area contributed by atoms with Crippen LogP contribution in [0.5, 0.6) is 0 Å². The Balaban J connectivity index is 1.76. The van der Waals surface area contributed by atoms with Crippen LogP contribution in [0.2, 0.25) is 0 Å². The molecule has 4 fully saturated rings. The van der Waals surface area contributed by atoms with Gasteiger partial charge in [-0.15, -0.1) is 0 Å². The molecule has 138 valence electrons. The first kappa shape index (κ1) is 17.4. The highest BCUT2D eigenvalue weighted by Gasteiger charge is 2.56. The normalized spacial score (nSPS) is 35.1. The summed E-state index contributed by atoms with van der Waals surface area (Å²) in [5.74, 6) is -0.891. The second kappa shape index (κ2) is 6.28. The van der Waals surface area contributed by atoms with Crippen LogP contribution in [0.4, 0.5) is 8.78 Å². The zero-order valence-corrected chi connectivity index (χ0v) is 15.2. The molecule has 4 nitrogen and oxygen atoms in total. The summed E-state index contributed by atoms with van der Waals surface area (Å²) in [7, 11) is -3.34. The summed E-state index contributed by atoms with van der Waals surface area (Å²) in [6.45, 7) is 4.08. The minimum atomic E-state index is -3.34. The average molecular weight is 370 g/mol. The maximum absolute atomic E-state index is 13.8. The van der Waals surface area contributed by atoms with Gasteiger partial charge in [0.25, 0.3) is 0 Å². The fourth-order valence-electron chi connectivity index (χ4n) is 5.14. The van der Waals surface area contributed by atoms with Gasteiger partial charge in [0, 0.05) is 30.6 Å². The van der Waals surface area contributed by atoms with Gasteiger partial charge < -0.3 is 0 Å². The molecule has 4 aliphatic heterocycles. The number of rotatable bonds is 4. The Morgan fingerprint density at radius 1 is 1.08 bits per heavy atom. The number of benzene rings is 1. The largest absolute Gasteiger partial charge is 0.298 e. The van der Waals surface area contributed by atoms with Gasteiger partial charge in [-0.2, -0.15) is 4.31 Å². The molecule has 0 aromatic heterocycles. The van der Waals surface area contributed by atoms with Crippen molar-refractivity contribution >= 4 is 10.0 Å². The lowest BCUT2D eigenvalue weighted by molar-refractivity contribution is 0.0122. The van der Waals surface area contributed by atoms with Crippen LogP contribution < -0.4 is 0 Å². The minimum Gasteiger partial charge on any atom is -0.298 e. The van der Waals surface area contributed by atoms with Gasteiger partial charge in [0.1, 0.15) is 11.6 Å². The van der Waals surface area contributed by atoms with E-state index < -0.39 is 21.7 Å². The van der Waals surface area contributed by atoms with Crippen molar-refractivity contribution in [3.8, 4) is 0 Å². The molecule has 4 saturated heterocycles. The number of nitrogens with zero attached hydrogens (tertiary/aromatic N) is 2. The highest BCUT2D eigenvalue weighted by molar-refractivity contribution is 7.89. The van der Waals surface area contributed by atoms with Gasteiger partial charge in [-0.25, -0.2) is 17.2 Å². The Kier molecular flexibility index (Phi) is 4.37. The standard InChI is InChI=1S/C18H24F2N2O2S/c1-2-7-25(23,24)22-11-16(13-8-14(19)10-15(20)9-13)18-17(22)12-3-5-21(18)6-4-12/h8-10,12,16-18H,2-7,11H2,1H3/t16-,17+,18+/m0/s1. The summed E-state index contributed by atoms with van der Waals surface area (Å²) in [4.78, 5) is 2.33. The molecule has 3 atom stereocenters. The molecule has 7 heteroatoms. The Bertz CT molecular complexity index is 742. The first-order valence-electron chi connectivity index (χ1n) is 9.10. The van der Waals surface area contributed by atoms with Crippen molar-refractivity contribution in [2.45, 2.75) is 44.2 Å². The van der Waals surface area contributed by atoms with E-state index in [9.17, 15) is 17.2 Å². The number of halogens is 2. The molecule has 0 saturated carbocycles. The Morgan fingerprint density at radius 3 is 2.32 bits per heavy atom. The van der Waals surface area contributed by atoms with Crippen molar-refractivity contribution in [1.29, 1.82) is 0 Å². The van der Waals surface area contributed by atoms with E-state index in [-0.39, 0.29) is 23.8 Å². The molecule has 0 aliphatic carbocycles. The number of fused-ring (bicyclic) bond motifs is 2. The summed E-state index contributed by atoms with van der Waals surface area (Å²) in [5, 5.41) is 0. The van der Waals surface area contributed by atoms with Crippen molar-refractivity contribution in [3.63, 3.8) is 0 Å². The number of hydrogen-bond acceptors (Lipinski definition) is 3. The first-order chi connectivity index (χ1) is 11.9. The smallest absolute Gasteiger partial charge is 0.214 e. The lowest BCUT2D eigenvalue weighted by atomic mass is 9.75. The summed E-state index contributed by atoms with van der Waals surface area (Å²) in [6, 6.07) is 3.57. The molecule has 0 amide bonds. The lowest BCUT2D eigenvalue weighted by Gasteiger charge is -2.51. The van der Waals surface area contributed by atoms with E-state index in [0.29, 0.717) is 24.4 Å². The molecule has 1 aromatic rings. The fourth-order valence-corrected chi connectivity index (χ4v) is 6.95. The summed E-state index contributed by atoms with van der Waals surface area (Å²) in [6.07, 6.45) is 2.58.